The van der Waals surface area contributed by atoms with E-state index < -0.39 is 6.23 Å². The van der Waals surface area contributed by atoms with Crippen molar-refractivity contribution in [2.45, 2.75) is 19.6 Å². The van der Waals surface area contributed by atoms with Crippen LogP contribution in [0, 0.1) is 0 Å². The number of rotatable bonds is 3. The molecule has 3 aromatic rings. The Bertz CT molecular complexity index is 676. The molecule has 104 valence electrons. The number of hydrogen-bond donors (Lipinski definition) is 2. The second kappa shape index (κ2) is 6.07. The normalized spacial score (nSPS) is 12.1. The molecule has 2 N–H and O–H groups in total. The molecule has 20 heavy (non-hydrogen) atoms. The first-order valence-corrected chi connectivity index (χ1v) is 6.51. The monoisotopic (exact) mass is 288 g/mol. The lowest BCUT2D eigenvalue weighted by molar-refractivity contribution is 0.200. The van der Waals surface area contributed by atoms with Gasteiger partial charge in [0, 0.05) is 10.8 Å². The molecule has 4 heteroatoms. The van der Waals surface area contributed by atoms with Gasteiger partial charge in [0.2, 0.25) is 0 Å². The molecule has 0 radical (unpaired) electrons. The molecule has 1 unspecified atom stereocenters. The number of halogens is 1. The van der Waals surface area contributed by atoms with Crippen molar-refractivity contribution in [3.63, 3.8) is 0 Å². The van der Waals surface area contributed by atoms with E-state index in [0.29, 0.717) is 6.42 Å². The highest BCUT2D eigenvalue weighted by Crippen LogP contribution is 2.30. The van der Waals surface area contributed by atoms with Crippen LogP contribution in [0.15, 0.2) is 48.5 Å². The largest absolute Gasteiger partial charge is 0.374 e. The Morgan fingerprint density at radius 3 is 2.00 bits per heavy atom. The molecular weight excluding hydrogens is 272 g/mol. The fourth-order valence-corrected chi connectivity index (χ4v) is 2.26. The Kier molecular flexibility index (Phi) is 4.42. The molecule has 0 saturated heterocycles. The minimum absolute atomic E-state index is 0. The van der Waals surface area contributed by atoms with Crippen molar-refractivity contribution in [1.29, 1.82) is 0 Å². The van der Waals surface area contributed by atoms with E-state index in [0.717, 1.165) is 27.5 Å². The van der Waals surface area contributed by atoms with Crippen molar-refractivity contribution in [3.05, 3.63) is 48.5 Å². The molecular formula is C16H17ClN2O. The third kappa shape index (κ3) is 2.55. The highest BCUT2D eigenvalue weighted by atomic mass is 35.5. The number of fused-ring (bicyclic) bond motifs is 2. The molecule has 0 aliphatic rings. The van der Waals surface area contributed by atoms with Gasteiger partial charge in [-0.15, -0.1) is 12.4 Å². The van der Waals surface area contributed by atoms with Gasteiger partial charge in [0.1, 0.15) is 6.23 Å². The third-order valence-corrected chi connectivity index (χ3v) is 3.29. The lowest BCUT2D eigenvalue weighted by atomic mass is 10.1. The summed E-state index contributed by atoms with van der Waals surface area (Å²) < 4.78 is 0. The van der Waals surface area contributed by atoms with Gasteiger partial charge in [-0.3, -0.25) is 0 Å². The molecule has 0 amide bonds. The van der Waals surface area contributed by atoms with Gasteiger partial charge in [0.05, 0.1) is 16.7 Å². The second-order valence-corrected chi connectivity index (χ2v) is 4.59. The zero-order valence-corrected chi connectivity index (χ0v) is 12.0. The number of para-hydroxylation sites is 2. The maximum absolute atomic E-state index is 9.90. The molecule has 1 atom stereocenters. The summed E-state index contributed by atoms with van der Waals surface area (Å²) in [5, 5.41) is 15.2. The number of aliphatic hydroxyl groups is 1. The van der Waals surface area contributed by atoms with Crippen molar-refractivity contribution < 1.29 is 5.11 Å². The highest BCUT2D eigenvalue weighted by molar-refractivity contribution is 6.07. The predicted molar refractivity (Wildman–Crippen MR) is 86.4 cm³/mol. The first-order valence-electron chi connectivity index (χ1n) is 6.51. The number of pyridine rings is 1. The maximum Gasteiger partial charge on any atom is 0.124 e. The number of hydrogen-bond acceptors (Lipinski definition) is 3. The van der Waals surface area contributed by atoms with Crippen molar-refractivity contribution in [3.8, 4) is 0 Å². The molecule has 0 saturated carbocycles. The number of aromatic nitrogens is 1. The number of nitrogens with one attached hydrogen (secondary N) is 1. The fraction of sp³-hybridized carbons (Fsp3) is 0.188. The lowest BCUT2D eigenvalue weighted by Crippen LogP contribution is -2.17. The van der Waals surface area contributed by atoms with Gasteiger partial charge >= 0.3 is 0 Å². The first kappa shape index (κ1) is 14.6. The van der Waals surface area contributed by atoms with Crippen LogP contribution in [0.5, 0.6) is 0 Å². The Labute approximate surface area is 124 Å². The van der Waals surface area contributed by atoms with E-state index in [4.69, 9.17) is 0 Å². The summed E-state index contributed by atoms with van der Waals surface area (Å²) in [7, 11) is 0. The van der Waals surface area contributed by atoms with E-state index in [9.17, 15) is 5.11 Å². The van der Waals surface area contributed by atoms with Crippen LogP contribution in [0.4, 0.5) is 5.69 Å². The van der Waals surface area contributed by atoms with Gasteiger partial charge in [-0.1, -0.05) is 43.3 Å². The standard InChI is InChI=1S/C16H16N2O.ClH/c1-2-15(19)18-16-11-7-3-5-9-13(11)17-14-10-6-4-8-12(14)16;/h3-10,15,19H,2H2,1H3,(H,17,18);1H. The van der Waals surface area contributed by atoms with Gasteiger partial charge in [0.25, 0.3) is 0 Å². The summed E-state index contributed by atoms with van der Waals surface area (Å²) in [6.07, 6.45) is 0.111. The molecule has 0 spiro atoms. The van der Waals surface area contributed by atoms with Gasteiger partial charge < -0.3 is 10.4 Å². The fourth-order valence-electron chi connectivity index (χ4n) is 2.26. The van der Waals surface area contributed by atoms with Crippen molar-refractivity contribution in [2.75, 3.05) is 5.32 Å². The molecule has 3 nitrogen and oxygen atoms in total. The number of nitrogens with zero attached hydrogens (tertiary/aromatic N) is 1. The van der Waals surface area contributed by atoms with Crippen molar-refractivity contribution in [1.82, 2.24) is 4.98 Å². The van der Waals surface area contributed by atoms with E-state index in [1.165, 1.54) is 0 Å². The van der Waals surface area contributed by atoms with E-state index in [1.54, 1.807) is 0 Å². The van der Waals surface area contributed by atoms with Crippen molar-refractivity contribution in [2.24, 2.45) is 0 Å². The van der Waals surface area contributed by atoms with Crippen LogP contribution in [0.1, 0.15) is 13.3 Å². The zero-order chi connectivity index (χ0) is 13.2. The predicted octanol–water partition coefficient (Wildman–Crippen LogP) is 3.95. The Hall–Kier alpha value is -1.84. The SMILES string of the molecule is CCC(O)Nc1c2ccccc2nc2ccccc12.Cl. The first-order chi connectivity index (χ1) is 9.29. The third-order valence-electron chi connectivity index (χ3n) is 3.29. The van der Waals surface area contributed by atoms with Crippen molar-refractivity contribution >= 4 is 39.9 Å². The molecule has 3 rings (SSSR count). The molecule has 0 fully saturated rings. The van der Waals surface area contributed by atoms with Crippen LogP contribution >= 0.6 is 12.4 Å². The number of benzene rings is 2. The molecule has 1 heterocycles. The molecule has 0 bridgehead atoms. The van der Waals surface area contributed by atoms with Crippen LogP contribution in [0.3, 0.4) is 0 Å². The van der Waals surface area contributed by atoms with E-state index in [2.05, 4.69) is 10.3 Å². The summed E-state index contributed by atoms with van der Waals surface area (Å²) in [5.74, 6) is 0. The quantitative estimate of drug-likeness (QED) is 0.566. The van der Waals surface area contributed by atoms with Gasteiger partial charge in [0.15, 0.2) is 0 Å². The average molecular weight is 289 g/mol. The molecule has 0 aliphatic heterocycles. The maximum atomic E-state index is 9.90. The van der Waals surface area contributed by atoms with Crippen LogP contribution < -0.4 is 5.32 Å². The second-order valence-electron chi connectivity index (χ2n) is 4.59. The summed E-state index contributed by atoms with van der Waals surface area (Å²) in [4.78, 5) is 4.65. The highest BCUT2D eigenvalue weighted by Gasteiger charge is 2.10. The summed E-state index contributed by atoms with van der Waals surface area (Å²) in [5.41, 5.74) is 2.83. The van der Waals surface area contributed by atoms with Gasteiger partial charge in [-0.25, -0.2) is 4.98 Å². The Balaban J connectivity index is 0.00000147. The zero-order valence-electron chi connectivity index (χ0n) is 11.2. The molecule has 1 aromatic heterocycles. The van der Waals surface area contributed by atoms with Crippen LogP contribution in [-0.4, -0.2) is 16.3 Å². The van der Waals surface area contributed by atoms with Crippen LogP contribution in [0.2, 0.25) is 0 Å². The molecule has 2 aromatic carbocycles. The van der Waals surface area contributed by atoms with E-state index in [-0.39, 0.29) is 12.4 Å². The van der Waals surface area contributed by atoms with Crippen LogP contribution in [-0.2, 0) is 0 Å². The summed E-state index contributed by atoms with van der Waals surface area (Å²) >= 11 is 0. The van der Waals surface area contributed by atoms with Gasteiger partial charge in [-0.05, 0) is 18.6 Å². The molecule has 0 aliphatic carbocycles. The van der Waals surface area contributed by atoms with Gasteiger partial charge in [-0.2, -0.15) is 0 Å². The average Bonchev–Trinajstić information content (AvgIpc) is 2.46. The van der Waals surface area contributed by atoms with E-state index in [1.807, 2.05) is 55.5 Å². The minimum Gasteiger partial charge on any atom is -0.374 e. The van der Waals surface area contributed by atoms with E-state index >= 15 is 0 Å². The summed E-state index contributed by atoms with van der Waals surface area (Å²) in [6.45, 7) is 1.95. The summed E-state index contributed by atoms with van der Waals surface area (Å²) in [6, 6.07) is 16.0. The van der Waals surface area contributed by atoms with Crippen LogP contribution in [0.25, 0.3) is 21.8 Å². The number of aliphatic hydroxyl groups excluding tert-OH is 1. The Morgan fingerprint density at radius 1 is 1.00 bits per heavy atom. The smallest absolute Gasteiger partial charge is 0.124 e. The lowest BCUT2D eigenvalue weighted by Gasteiger charge is -2.16. The Morgan fingerprint density at radius 2 is 1.50 bits per heavy atom. The topological polar surface area (TPSA) is 45.1 Å². The number of anilines is 1. The minimum atomic E-state index is -0.547.